The summed E-state index contributed by atoms with van der Waals surface area (Å²) in [6.07, 6.45) is 5.70. The number of piperazine rings is 1. The number of imide groups is 2. The number of pyridine rings is 1. The summed E-state index contributed by atoms with van der Waals surface area (Å²) in [7, 11) is 0. The van der Waals surface area contributed by atoms with Crippen molar-refractivity contribution >= 4 is 69.7 Å². The van der Waals surface area contributed by atoms with E-state index in [4.69, 9.17) is 18.2 Å². The van der Waals surface area contributed by atoms with Crippen LogP contribution in [0, 0.1) is 18.4 Å². The number of nitrogens with zero attached hydrogens (tertiary/aromatic N) is 7. The fraction of sp³-hybridized carbons (Fsp3) is 0.439. The van der Waals surface area contributed by atoms with Crippen molar-refractivity contribution in [3.63, 3.8) is 0 Å². The van der Waals surface area contributed by atoms with Crippen LogP contribution in [0.1, 0.15) is 59.2 Å². The van der Waals surface area contributed by atoms with Crippen molar-refractivity contribution in [2.75, 3.05) is 78.9 Å². The zero-order chi connectivity index (χ0) is 38.9. The summed E-state index contributed by atoms with van der Waals surface area (Å²) in [4.78, 5) is 81.8. The topological polar surface area (TPSA) is 143 Å². The van der Waals surface area contributed by atoms with Crippen LogP contribution >= 0.6 is 11.6 Å². The molecule has 8 rings (SSSR count). The second-order valence-electron chi connectivity index (χ2n) is 15.3. The first-order valence-electron chi connectivity index (χ1n) is 19.4. The Labute approximate surface area is 330 Å². The zero-order valence-corrected chi connectivity index (χ0v) is 31.8. The van der Waals surface area contributed by atoms with Crippen molar-refractivity contribution in [2.45, 2.75) is 44.6 Å². The third-order valence-electron chi connectivity index (χ3n) is 11.9. The number of anilines is 4. The molecular weight excluding hydrogens is 734 g/mol. The van der Waals surface area contributed by atoms with Gasteiger partial charge in [0.1, 0.15) is 11.9 Å². The summed E-state index contributed by atoms with van der Waals surface area (Å²) >= 11 is 6.24. The number of fused-ring (bicyclic) bond motifs is 1. The van der Waals surface area contributed by atoms with Crippen LogP contribution in [0.2, 0.25) is 5.02 Å². The molecule has 56 heavy (non-hydrogen) atoms. The van der Waals surface area contributed by atoms with Crippen molar-refractivity contribution < 1.29 is 24.0 Å². The van der Waals surface area contributed by atoms with E-state index >= 15 is 0 Å². The number of amides is 5. The highest BCUT2D eigenvalue weighted by molar-refractivity contribution is 6.33. The van der Waals surface area contributed by atoms with E-state index in [1.54, 1.807) is 18.2 Å². The van der Waals surface area contributed by atoms with Gasteiger partial charge in [0.05, 0.1) is 29.6 Å². The van der Waals surface area contributed by atoms with Gasteiger partial charge in [-0.15, -0.1) is 0 Å². The molecule has 1 atom stereocenters. The molecule has 14 nitrogen and oxygen atoms in total. The number of rotatable bonds is 8. The Balaban J connectivity index is 0.762. The maximum atomic E-state index is 13.3. The number of piperidine rings is 3. The Morgan fingerprint density at radius 3 is 2.11 bits per heavy atom. The average molecular weight is 778 g/mol. The molecule has 0 bridgehead atoms. The lowest BCUT2D eigenvalue weighted by atomic mass is 9.95. The predicted molar refractivity (Wildman–Crippen MR) is 212 cm³/mol. The number of hydrogen-bond donors (Lipinski definition) is 2. The number of benzene rings is 2. The Hall–Kier alpha value is -5.52. The van der Waals surface area contributed by atoms with Gasteiger partial charge in [-0.3, -0.25) is 39.1 Å². The van der Waals surface area contributed by atoms with E-state index in [9.17, 15) is 24.0 Å². The Bertz CT molecular complexity index is 2080. The van der Waals surface area contributed by atoms with Crippen LogP contribution in [0.4, 0.5) is 28.6 Å². The molecule has 0 radical (unpaired) electrons. The van der Waals surface area contributed by atoms with Gasteiger partial charge in [0.15, 0.2) is 0 Å². The number of carbonyl (C=O) groups excluding carboxylic acids is 5. The lowest BCUT2D eigenvalue weighted by Gasteiger charge is -2.40. The number of aromatic nitrogens is 1. The van der Waals surface area contributed by atoms with Gasteiger partial charge in [-0.1, -0.05) is 17.7 Å². The van der Waals surface area contributed by atoms with Crippen LogP contribution in [0.25, 0.3) is 4.85 Å². The highest BCUT2D eigenvalue weighted by atomic mass is 35.5. The van der Waals surface area contributed by atoms with Crippen molar-refractivity contribution in [1.29, 1.82) is 0 Å². The summed E-state index contributed by atoms with van der Waals surface area (Å²) in [6, 6.07) is 13.8. The molecule has 290 valence electrons. The highest BCUT2D eigenvalue weighted by Gasteiger charge is 2.45. The van der Waals surface area contributed by atoms with E-state index in [0.717, 1.165) is 107 Å². The SMILES string of the molecule is [C-]#[N+]c1ccc(N2CCC(C(=O)Nc3ccc(N4CCC(CN5CCN(c6ccc7c(c6)C(=O)N(C6CCC(=O)NC6=O)C7=O)CC5)CC4)cn3)CC2)cc1Cl. The molecule has 1 unspecified atom stereocenters. The van der Waals surface area contributed by atoms with E-state index < -0.39 is 29.7 Å². The molecular formula is C41H44ClN9O5. The van der Waals surface area contributed by atoms with E-state index in [2.05, 4.69) is 40.1 Å². The number of hydrogen-bond acceptors (Lipinski definition) is 10. The van der Waals surface area contributed by atoms with E-state index in [-0.39, 0.29) is 24.7 Å². The number of halogens is 1. The molecule has 4 fully saturated rings. The third-order valence-corrected chi connectivity index (χ3v) is 12.2. The molecule has 6 heterocycles. The minimum Gasteiger partial charge on any atom is -0.372 e. The Morgan fingerprint density at radius 1 is 0.786 bits per heavy atom. The average Bonchev–Trinajstić information content (AvgIpc) is 3.46. The minimum absolute atomic E-state index is 0.00910. The molecule has 15 heteroatoms. The van der Waals surface area contributed by atoms with Crippen molar-refractivity contribution in [1.82, 2.24) is 20.1 Å². The third kappa shape index (κ3) is 7.66. The first-order chi connectivity index (χ1) is 27.1. The van der Waals surface area contributed by atoms with Crippen LogP contribution in [-0.2, 0) is 14.4 Å². The van der Waals surface area contributed by atoms with Gasteiger partial charge in [0.2, 0.25) is 23.4 Å². The van der Waals surface area contributed by atoms with E-state index in [1.165, 1.54) is 0 Å². The molecule has 3 aromatic rings. The van der Waals surface area contributed by atoms with Crippen molar-refractivity contribution in [3.8, 4) is 0 Å². The van der Waals surface area contributed by atoms with Crippen molar-refractivity contribution in [3.05, 3.63) is 82.3 Å². The molecule has 0 saturated carbocycles. The van der Waals surface area contributed by atoms with Crippen LogP contribution in [0.3, 0.4) is 0 Å². The Kier molecular flexibility index (Phi) is 10.6. The summed E-state index contributed by atoms with van der Waals surface area (Å²) in [5.74, 6) is -0.922. The quantitative estimate of drug-likeness (QED) is 0.247. The van der Waals surface area contributed by atoms with E-state index in [1.807, 2.05) is 36.5 Å². The second-order valence-corrected chi connectivity index (χ2v) is 15.7. The Morgan fingerprint density at radius 2 is 1.43 bits per heavy atom. The molecule has 2 aromatic carbocycles. The standard InChI is InChI=1S/C41H44ClN9O5/c1-43-34-6-3-29(23-33(34)42)48-16-12-27(13-17-48)38(53)45-36-8-4-30(24-44-36)49-14-10-26(11-15-49)25-47-18-20-50(21-19-47)28-2-5-31-32(22-28)41(56)51(40(31)55)35-7-9-37(52)46-39(35)54/h2-6,8,22-24,26-27,35H,7,9-21,25H2,(H,44,45,53)(H,46,52,54). The smallest absolute Gasteiger partial charge is 0.262 e. The van der Waals surface area contributed by atoms with Crippen LogP contribution in [0.15, 0.2) is 54.7 Å². The molecule has 1 aromatic heterocycles. The molecule has 5 amide bonds. The van der Waals surface area contributed by atoms with Gasteiger partial charge < -0.3 is 20.0 Å². The van der Waals surface area contributed by atoms with Crippen LogP contribution in [0.5, 0.6) is 0 Å². The minimum atomic E-state index is -0.971. The lowest BCUT2D eigenvalue weighted by molar-refractivity contribution is -0.136. The normalized spacial score (nSPS) is 21.2. The van der Waals surface area contributed by atoms with Gasteiger partial charge in [-0.2, -0.15) is 0 Å². The lowest BCUT2D eigenvalue weighted by Crippen LogP contribution is -2.54. The maximum absolute atomic E-state index is 13.3. The monoisotopic (exact) mass is 777 g/mol. The first-order valence-corrected chi connectivity index (χ1v) is 19.8. The summed E-state index contributed by atoms with van der Waals surface area (Å²) in [5.41, 5.74) is 3.96. The summed E-state index contributed by atoms with van der Waals surface area (Å²) < 4.78 is 0. The zero-order valence-electron chi connectivity index (χ0n) is 31.1. The fourth-order valence-corrected chi connectivity index (χ4v) is 8.86. The molecule has 5 aliphatic rings. The molecule has 4 saturated heterocycles. The first kappa shape index (κ1) is 37.4. The largest absolute Gasteiger partial charge is 0.372 e. The molecule has 0 spiro atoms. The van der Waals surface area contributed by atoms with Gasteiger partial charge in [0, 0.05) is 87.6 Å². The van der Waals surface area contributed by atoms with Gasteiger partial charge in [0.25, 0.3) is 11.8 Å². The maximum Gasteiger partial charge on any atom is 0.262 e. The second kappa shape index (κ2) is 15.9. The van der Waals surface area contributed by atoms with Crippen molar-refractivity contribution in [2.24, 2.45) is 11.8 Å². The molecule has 2 N–H and O–H groups in total. The van der Waals surface area contributed by atoms with Crippen LogP contribution in [-0.4, -0.2) is 109 Å². The van der Waals surface area contributed by atoms with Crippen LogP contribution < -0.4 is 25.3 Å². The number of carbonyl (C=O) groups is 5. The summed E-state index contributed by atoms with van der Waals surface area (Å²) in [5, 5.41) is 5.70. The molecule has 0 aliphatic carbocycles. The van der Waals surface area contributed by atoms with Gasteiger partial charge in [-0.05, 0) is 80.5 Å². The summed E-state index contributed by atoms with van der Waals surface area (Å²) in [6.45, 7) is 15.0. The fourth-order valence-electron chi connectivity index (χ4n) is 8.64. The molecule has 5 aliphatic heterocycles. The van der Waals surface area contributed by atoms with Gasteiger partial charge in [-0.25, -0.2) is 9.83 Å². The number of nitrogens with one attached hydrogen (secondary N) is 2. The predicted octanol–water partition coefficient (Wildman–Crippen LogP) is 4.58. The highest BCUT2D eigenvalue weighted by Crippen LogP contribution is 2.34. The van der Waals surface area contributed by atoms with Gasteiger partial charge >= 0.3 is 0 Å². The van der Waals surface area contributed by atoms with E-state index in [0.29, 0.717) is 33.6 Å².